The molecule has 1 aliphatic heterocycles. The number of carbonyl (C=O) groups excluding carboxylic acids is 1. The van der Waals surface area contributed by atoms with E-state index in [9.17, 15) is 13.2 Å². The number of anilines is 1. The Bertz CT molecular complexity index is 1380. The van der Waals surface area contributed by atoms with Crippen molar-refractivity contribution in [1.29, 1.82) is 0 Å². The van der Waals surface area contributed by atoms with Gasteiger partial charge in [-0.2, -0.15) is 0 Å². The average Bonchev–Trinajstić information content (AvgIpc) is 3.38. The van der Waals surface area contributed by atoms with E-state index in [-0.39, 0.29) is 28.4 Å². The molecule has 196 valence electrons. The summed E-state index contributed by atoms with van der Waals surface area (Å²) >= 11 is 18.2. The summed E-state index contributed by atoms with van der Waals surface area (Å²) in [7, 11) is -2.18. The summed E-state index contributed by atoms with van der Waals surface area (Å²) < 4.78 is 28.5. The molecule has 1 unspecified atom stereocenters. The predicted molar refractivity (Wildman–Crippen MR) is 148 cm³/mol. The van der Waals surface area contributed by atoms with Crippen LogP contribution in [0.3, 0.4) is 0 Å². The molecular formula is C26H27Cl3N4O3S. The molecule has 1 saturated heterocycles. The van der Waals surface area contributed by atoms with Crippen LogP contribution in [-0.4, -0.2) is 55.8 Å². The van der Waals surface area contributed by atoms with E-state index < -0.39 is 10.0 Å². The summed E-state index contributed by atoms with van der Waals surface area (Å²) in [5.74, 6) is -0.0873. The Morgan fingerprint density at radius 1 is 1.05 bits per heavy atom. The summed E-state index contributed by atoms with van der Waals surface area (Å²) in [5, 5.41) is 0.729. The number of nitrogens with one attached hydrogen (secondary N) is 1. The monoisotopic (exact) mass is 580 g/mol. The molecule has 2 heterocycles. The van der Waals surface area contributed by atoms with E-state index >= 15 is 0 Å². The molecule has 1 aromatic heterocycles. The Hall–Kier alpha value is -2.36. The van der Waals surface area contributed by atoms with Crippen LogP contribution in [0.1, 0.15) is 30.0 Å². The maximum atomic E-state index is 13.3. The van der Waals surface area contributed by atoms with Crippen LogP contribution in [0.5, 0.6) is 0 Å². The zero-order valence-electron chi connectivity index (χ0n) is 20.2. The number of rotatable bonds is 9. The molecule has 1 fully saturated rings. The van der Waals surface area contributed by atoms with Gasteiger partial charge in [0.2, 0.25) is 5.91 Å². The number of likely N-dealkylation sites (tertiary alicyclic amines) is 1. The lowest BCUT2D eigenvalue weighted by atomic mass is 10.0. The van der Waals surface area contributed by atoms with E-state index in [1.165, 1.54) is 18.3 Å². The smallest absolute Gasteiger partial charge is 0.264 e. The molecule has 3 aromatic rings. The molecule has 0 bridgehead atoms. The van der Waals surface area contributed by atoms with Crippen LogP contribution in [0.2, 0.25) is 15.2 Å². The third kappa shape index (κ3) is 6.94. The van der Waals surface area contributed by atoms with Gasteiger partial charge in [0.05, 0.1) is 22.5 Å². The molecule has 7 nitrogen and oxygen atoms in total. The first-order chi connectivity index (χ1) is 17.6. The van der Waals surface area contributed by atoms with Crippen molar-refractivity contribution in [3.8, 4) is 0 Å². The van der Waals surface area contributed by atoms with Gasteiger partial charge >= 0.3 is 0 Å². The van der Waals surface area contributed by atoms with Gasteiger partial charge < -0.3 is 9.80 Å². The lowest BCUT2D eigenvalue weighted by Gasteiger charge is -2.32. The van der Waals surface area contributed by atoms with Crippen molar-refractivity contribution in [3.05, 3.63) is 87.1 Å². The van der Waals surface area contributed by atoms with Crippen molar-refractivity contribution in [1.82, 2.24) is 14.8 Å². The Balaban J connectivity index is 1.59. The minimum atomic E-state index is -3.95. The first kappa shape index (κ1) is 27.7. The molecule has 1 atom stereocenters. The van der Waals surface area contributed by atoms with Crippen LogP contribution in [0.25, 0.3) is 0 Å². The zero-order chi connectivity index (χ0) is 26.6. The van der Waals surface area contributed by atoms with Gasteiger partial charge in [0.1, 0.15) is 10.0 Å². The molecule has 0 aliphatic carbocycles. The molecule has 37 heavy (non-hydrogen) atoms. The van der Waals surface area contributed by atoms with Crippen molar-refractivity contribution in [2.75, 3.05) is 31.4 Å². The van der Waals surface area contributed by atoms with Crippen LogP contribution in [0.15, 0.2) is 65.7 Å². The van der Waals surface area contributed by atoms with Crippen LogP contribution in [0.4, 0.5) is 5.69 Å². The van der Waals surface area contributed by atoms with E-state index in [0.717, 1.165) is 37.1 Å². The van der Waals surface area contributed by atoms with Crippen LogP contribution in [-0.2, 0) is 21.2 Å². The van der Waals surface area contributed by atoms with E-state index in [1.54, 1.807) is 48.3 Å². The lowest BCUT2D eigenvalue weighted by molar-refractivity contribution is -0.131. The summed E-state index contributed by atoms with van der Waals surface area (Å²) in [6.45, 7) is 2.54. The minimum Gasteiger partial charge on any atom is -0.337 e. The number of halogens is 3. The van der Waals surface area contributed by atoms with Gasteiger partial charge in [-0.3, -0.25) is 9.52 Å². The highest BCUT2D eigenvalue weighted by Gasteiger charge is 2.27. The fourth-order valence-electron chi connectivity index (χ4n) is 4.38. The molecule has 1 N–H and O–H groups in total. The molecule has 11 heteroatoms. The van der Waals surface area contributed by atoms with Crippen molar-refractivity contribution in [2.45, 2.75) is 30.2 Å². The Morgan fingerprint density at radius 3 is 2.51 bits per heavy atom. The molecule has 0 saturated carbocycles. The van der Waals surface area contributed by atoms with Gasteiger partial charge in [-0.05, 0) is 73.5 Å². The van der Waals surface area contributed by atoms with Gasteiger partial charge in [0.25, 0.3) is 10.0 Å². The number of nitrogens with zero attached hydrogens (tertiary/aromatic N) is 3. The maximum absolute atomic E-state index is 13.3. The number of likely N-dealkylation sites (N-methyl/N-ethyl adjacent to an activating group) is 1. The highest BCUT2D eigenvalue weighted by atomic mass is 35.5. The number of hydrogen-bond acceptors (Lipinski definition) is 5. The molecule has 2 aromatic carbocycles. The largest absolute Gasteiger partial charge is 0.337 e. The van der Waals surface area contributed by atoms with Crippen LogP contribution in [0, 0.1) is 0 Å². The van der Waals surface area contributed by atoms with E-state index in [0.29, 0.717) is 22.3 Å². The Labute approximate surface area is 232 Å². The van der Waals surface area contributed by atoms with E-state index in [4.69, 9.17) is 34.8 Å². The highest BCUT2D eigenvalue weighted by molar-refractivity contribution is 7.92. The van der Waals surface area contributed by atoms with Crippen molar-refractivity contribution in [3.63, 3.8) is 0 Å². The predicted octanol–water partition coefficient (Wildman–Crippen LogP) is 5.68. The minimum absolute atomic E-state index is 0.0873. The van der Waals surface area contributed by atoms with Gasteiger partial charge in [-0.15, -0.1) is 0 Å². The quantitative estimate of drug-likeness (QED) is 0.329. The first-order valence-corrected chi connectivity index (χ1v) is 14.4. The summed E-state index contributed by atoms with van der Waals surface area (Å²) in [4.78, 5) is 21.1. The normalized spacial score (nSPS) is 14.9. The van der Waals surface area contributed by atoms with Crippen LogP contribution < -0.4 is 4.72 Å². The second-order valence-electron chi connectivity index (χ2n) is 8.98. The topological polar surface area (TPSA) is 82.6 Å². The van der Waals surface area contributed by atoms with Gasteiger partial charge in [0.15, 0.2) is 0 Å². The number of sulfonamides is 1. The lowest BCUT2D eigenvalue weighted by Crippen LogP contribution is -2.39. The van der Waals surface area contributed by atoms with Crippen molar-refractivity contribution >= 4 is 56.4 Å². The zero-order valence-corrected chi connectivity index (χ0v) is 23.3. The van der Waals surface area contributed by atoms with Crippen LogP contribution >= 0.6 is 34.8 Å². The number of pyridine rings is 1. The van der Waals surface area contributed by atoms with E-state index in [2.05, 4.69) is 14.6 Å². The number of aromatic nitrogens is 1. The standard InChI is InChI=1S/C26H27Cl3N4O3S/c1-32(25(34)15-18-9-10-21(27)22(28)14-18)23(17-33-12-2-3-13-33)19-6-4-7-20(16-19)31-37(35,36)24-8-5-11-30-26(24)29/h4-11,14,16,23,31H,2-3,12-13,15,17H2,1H3. The Morgan fingerprint density at radius 2 is 1.81 bits per heavy atom. The third-order valence-corrected chi connectivity index (χ3v) is 8.93. The molecule has 1 amide bonds. The number of amides is 1. The molecule has 0 spiro atoms. The highest BCUT2D eigenvalue weighted by Crippen LogP contribution is 2.29. The Kier molecular flexibility index (Phi) is 8.98. The fourth-order valence-corrected chi connectivity index (χ4v) is 6.20. The summed E-state index contributed by atoms with van der Waals surface area (Å²) in [6, 6.07) is 14.9. The molecule has 1 aliphatic rings. The summed E-state index contributed by atoms with van der Waals surface area (Å²) in [6.07, 6.45) is 3.81. The fraction of sp³-hybridized carbons (Fsp3) is 0.308. The molecule has 4 rings (SSSR count). The second-order valence-corrected chi connectivity index (χ2v) is 11.8. The number of benzene rings is 2. The van der Waals surface area contributed by atoms with Crippen molar-refractivity contribution < 1.29 is 13.2 Å². The summed E-state index contributed by atoms with van der Waals surface area (Å²) in [5.41, 5.74) is 1.95. The number of hydrogen-bond donors (Lipinski definition) is 1. The van der Waals surface area contributed by atoms with Gasteiger partial charge in [-0.25, -0.2) is 13.4 Å². The molecular weight excluding hydrogens is 555 g/mol. The molecule has 0 radical (unpaired) electrons. The first-order valence-electron chi connectivity index (χ1n) is 11.8. The number of carbonyl (C=O) groups is 1. The second kappa shape index (κ2) is 12.0. The third-order valence-electron chi connectivity index (χ3n) is 6.37. The van der Waals surface area contributed by atoms with Crippen molar-refractivity contribution in [2.24, 2.45) is 0 Å². The average molecular weight is 582 g/mol. The maximum Gasteiger partial charge on any atom is 0.264 e. The van der Waals surface area contributed by atoms with E-state index in [1.807, 2.05) is 6.07 Å². The SMILES string of the molecule is CN(C(=O)Cc1ccc(Cl)c(Cl)c1)C(CN1CCCC1)c1cccc(NS(=O)(=O)c2cccnc2Cl)c1. The van der Waals surface area contributed by atoms with Gasteiger partial charge in [-0.1, -0.05) is 53.0 Å². The van der Waals surface area contributed by atoms with Gasteiger partial charge in [0, 0.05) is 25.5 Å².